The summed E-state index contributed by atoms with van der Waals surface area (Å²) in [6, 6.07) is 0. The monoisotopic (exact) mass is 682 g/mol. The highest BCUT2D eigenvalue weighted by atomic mass is 16.6. The molecule has 0 bridgehead atoms. The number of aromatic nitrogens is 3. The maximum atomic E-state index is 12.7. The van der Waals surface area contributed by atoms with Gasteiger partial charge in [-0.1, -0.05) is 110 Å². The molecule has 2 atom stereocenters. The lowest BCUT2D eigenvalue weighted by Crippen LogP contribution is -2.30. The molecule has 0 saturated heterocycles. The van der Waals surface area contributed by atoms with Crippen LogP contribution in [-0.2, 0) is 46.3 Å². The first-order valence-corrected chi connectivity index (χ1v) is 19.0. The van der Waals surface area contributed by atoms with Gasteiger partial charge in [0.1, 0.15) is 12.7 Å². The van der Waals surface area contributed by atoms with Gasteiger partial charge in [0.05, 0.1) is 24.4 Å². The average molecular weight is 682 g/mol. The van der Waals surface area contributed by atoms with Crippen LogP contribution in [0, 0.1) is 0 Å². The molecule has 0 aliphatic heterocycles. The predicted octanol–water partition coefficient (Wildman–Crippen LogP) is 8.76. The Labute approximate surface area is 292 Å². The molecule has 0 saturated carbocycles. The third-order valence-electron chi connectivity index (χ3n) is 8.38. The van der Waals surface area contributed by atoms with Gasteiger partial charge in [0, 0.05) is 39.0 Å². The van der Waals surface area contributed by atoms with Gasteiger partial charge >= 0.3 is 11.9 Å². The van der Waals surface area contributed by atoms with Crippen molar-refractivity contribution in [3.05, 3.63) is 11.9 Å². The Morgan fingerprint density at radius 3 is 1.92 bits per heavy atom. The maximum absolute atomic E-state index is 12.7. The normalized spacial score (nSPS) is 12.6. The SMILES string of the molecule is CC.CCCCCCCCCC(=O)OCC(Cn1cc(CCC(=O)C(C)OCCC(C)(C)OC)nn1)OC(=O)CCCCCCCCC. The van der Waals surface area contributed by atoms with Crippen LogP contribution in [0.4, 0.5) is 0 Å². The lowest BCUT2D eigenvalue weighted by Gasteiger charge is -2.23. The smallest absolute Gasteiger partial charge is 0.306 e. The van der Waals surface area contributed by atoms with Crippen LogP contribution < -0.4 is 0 Å². The molecule has 0 aromatic carbocycles. The first-order valence-electron chi connectivity index (χ1n) is 19.0. The summed E-state index contributed by atoms with van der Waals surface area (Å²) in [5, 5.41) is 8.38. The number of hydrogen-bond donors (Lipinski definition) is 0. The van der Waals surface area contributed by atoms with E-state index >= 15 is 0 Å². The van der Waals surface area contributed by atoms with Crippen LogP contribution in [0.25, 0.3) is 0 Å². The van der Waals surface area contributed by atoms with Crippen LogP contribution in [0.2, 0.25) is 0 Å². The van der Waals surface area contributed by atoms with Gasteiger partial charge in [0.25, 0.3) is 0 Å². The van der Waals surface area contributed by atoms with E-state index in [0.717, 1.165) is 38.5 Å². The molecule has 0 spiro atoms. The van der Waals surface area contributed by atoms with Crippen LogP contribution in [0.1, 0.15) is 170 Å². The van der Waals surface area contributed by atoms with E-state index in [1.807, 2.05) is 27.7 Å². The summed E-state index contributed by atoms with van der Waals surface area (Å²) in [5.41, 5.74) is 0.359. The van der Waals surface area contributed by atoms with Crippen molar-refractivity contribution in [2.45, 2.75) is 195 Å². The molecule has 0 aliphatic carbocycles. The number of esters is 2. The van der Waals surface area contributed by atoms with Crippen LogP contribution in [-0.4, -0.2) is 70.8 Å². The number of methoxy groups -OCH3 is 1. The number of hydrogen-bond acceptors (Lipinski definition) is 9. The number of unbranched alkanes of at least 4 members (excludes halogenated alkanes) is 12. The summed E-state index contributed by atoms with van der Waals surface area (Å²) in [4.78, 5) is 37.7. The second kappa shape index (κ2) is 29.6. The second-order valence-corrected chi connectivity index (χ2v) is 13.2. The first kappa shape index (κ1) is 45.7. The summed E-state index contributed by atoms with van der Waals surface area (Å²) < 4.78 is 24.0. The van der Waals surface area contributed by atoms with E-state index in [0.29, 0.717) is 38.0 Å². The fourth-order valence-corrected chi connectivity index (χ4v) is 4.96. The molecule has 10 heteroatoms. The molecule has 0 aliphatic rings. The Kier molecular flexibility index (Phi) is 28.1. The van der Waals surface area contributed by atoms with Crippen molar-refractivity contribution >= 4 is 17.7 Å². The molecule has 1 aromatic rings. The Morgan fingerprint density at radius 2 is 1.35 bits per heavy atom. The number of ether oxygens (including phenoxy) is 4. The fourth-order valence-electron chi connectivity index (χ4n) is 4.96. The van der Waals surface area contributed by atoms with E-state index in [2.05, 4.69) is 24.2 Å². The Morgan fingerprint density at radius 1 is 0.812 bits per heavy atom. The van der Waals surface area contributed by atoms with E-state index < -0.39 is 12.2 Å². The third-order valence-corrected chi connectivity index (χ3v) is 8.38. The van der Waals surface area contributed by atoms with Crippen LogP contribution in [0.3, 0.4) is 0 Å². The zero-order chi connectivity index (χ0) is 36.0. The molecule has 2 unspecified atom stereocenters. The Hall–Kier alpha value is -2.33. The molecule has 0 radical (unpaired) electrons. The summed E-state index contributed by atoms with van der Waals surface area (Å²) >= 11 is 0. The van der Waals surface area contributed by atoms with Gasteiger partial charge < -0.3 is 18.9 Å². The van der Waals surface area contributed by atoms with Gasteiger partial charge in [0.15, 0.2) is 11.9 Å². The van der Waals surface area contributed by atoms with Crippen molar-refractivity contribution < 1.29 is 33.3 Å². The minimum atomic E-state index is -0.670. The molecule has 10 nitrogen and oxygen atoms in total. The number of aryl methyl sites for hydroxylation is 1. The molecule has 0 amide bonds. The van der Waals surface area contributed by atoms with E-state index in [1.54, 1.807) is 24.9 Å². The van der Waals surface area contributed by atoms with E-state index in [1.165, 1.54) is 51.4 Å². The number of ketones is 1. The van der Waals surface area contributed by atoms with Crippen LogP contribution >= 0.6 is 0 Å². The van der Waals surface area contributed by atoms with Crippen LogP contribution in [0.5, 0.6) is 0 Å². The standard InChI is InChI=1S/C36H65N3O7.C2H6/c1-7-9-11-13-15-17-19-21-34(41)45-29-32(46-35(42)22-20-18-16-14-12-10-8-2)28-39-27-31(37-38-39)23-24-33(40)30(3)44-26-25-36(4,5)43-6;1-2/h27,30,32H,7-26,28-29H2,1-6H3;1-2H3. The van der Waals surface area contributed by atoms with Gasteiger partial charge in [-0.25, -0.2) is 4.68 Å². The van der Waals surface area contributed by atoms with Crippen molar-refractivity contribution in [3.63, 3.8) is 0 Å². The lowest BCUT2D eigenvalue weighted by atomic mass is 10.1. The van der Waals surface area contributed by atoms with Crippen LogP contribution in [0.15, 0.2) is 6.20 Å². The summed E-state index contributed by atoms with van der Waals surface area (Å²) in [6.07, 6.45) is 18.3. The Bertz CT molecular complexity index is 950. The summed E-state index contributed by atoms with van der Waals surface area (Å²) in [7, 11) is 1.66. The zero-order valence-corrected chi connectivity index (χ0v) is 32.0. The van der Waals surface area contributed by atoms with Crippen molar-refractivity contribution in [1.82, 2.24) is 15.0 Å². The predicted molar refractivity (Wildman–Crippen MR) is 192 cm³/mol. The highest BCUT2D eigenvalue weighted by molar-refractivity contribution is 5.82. The molecular weight excluding hydrogens is 610 g/mol. The van der Waals surface area contributed by atoms with Gasteiger partial charge in [0.2, 0.25) is 0 Å². The molecule has 1 aromatic heterocycles. The third kappa shape index (κ3) is 24.8. The van der Waals surface area contributed by atoms with Gasteiger partial charge in [-0.3, -0.25) is 14.4 Å². The molecule has 0 N–H and O–H groups in total. The van der Waals surface area contributed by atoms with E-state index in [9.17, 15) is 14.4 Å². The number of rotatable bonds is 30. The average Bonchev–Trinajstić information content (AvgIpc) is 3.53. The highest BCUT2D eigenvalue weighted by Gasteiger charge is 2.21. The number of nitrogens with zero attached hydrogens (tertiary/aromatic N) is 3. The fraction of sp³-hybridized carbons (Fsp3) is 0.868. The van der Waals surface area contributed by atoms with Crippen molar-refractivity contribution in [2.24, 2.45) is 0 Å². The van der Waals surface area contributed by atoms with Crippen molar-refractivity contribution in [2.75, 3.05) is 20.3 Å². The molecule has 280 valence electrons. The van der Waals surface area contributed by atoms with Crippen molar-refractivity contribution in [3.8, 4) is 0 Å². The number of Topliss-reactive ketones (excluding diaryl/α,β-unsaturated/α-hetero) is 1. The van der Waals surface area contributed by atoms with Crippen molar-refractivity contribution in [1.29, 1.82) is 0 Å². The van der Waals surface area contributed by atoms with Gasteiger partial charge in [-0.05, 0) is 40.0 Å². The zero-order valence-electron chi connectivity index (χ0n) is 32.0. The minimum Gasteiger partial charge on any atom is -0.462 e. The molecule has 0 fully saturated rings. The number of carbonyl (C=O) groups excluding carboxylic acids is 3. The molecule has 1 rings (SSSR count). The van der Waals surface area contributed by atoms with E-state index in [4.69, 9.17) is 18.9 Å². The highest BCUT2D eigenvalue weighted by Crippen LogP contribution is 2.15. The lowest BCUT2D eigenvalue weighted by molar-refractivity contribution is -0.160. The van der Waals surface area contributed by atoms with E-state index in [-0.39, 0.29) is 42.9 Å². The number of carbonyl (C=O) groups is 3. The summed E-state index contributed by atoms with van der Waals surface area (Å²) in [5.74, 6) is -0.577. The van der Waals surface area contributed by atoms with Gasteiger partial charge in [-0.2, -0.15) is 0 Å². The van der Waals surface area contributed by atoms with Gasteiger partial charge in [-0.15, -0.1) is 5.10 Å². The maximum Gasteiger partial charge on any atom is 0.306 e. The first-order chi connectivity index (χ1) is 23.1. The second-order valence-electron chi connectivity index (χ2n) is 13.2. The molecule has 48 heavy (non-hydrogen) atoms. The topological polar surface area (TPSA) is 119 Å². The summed E-state index contributed by atoms with van der Waals surface area (Å²) in [6.45, 7) is 14.7. The molecular formula is C38H71N3O7. The quantitative estimate of drug-likeness (QED) is 0.0580. The minimum absolute atomic E-state index is 0.00480. The Balaban J connectivity index is 0.0000108. The largest absolute Gasteiger partial charge is 0.462 e. The molecule has 1 heterocycles.